The van der Waals surface area contributed by atoms with E-state index in [-0.39, 0.29) is 24.6 Å². The smallest absolute Gasteiger partial charge is 0.315 e. The standard InChI is InChI=1S/C12H22N2O4/c1-18-10-7-9(8-10)14-12(17)13-6-4-2-3-5-11(15)16/h9-10H,2-8H2,1H3,(H,15,16)(H2,13,14,17). The van der Waals surface area contributed by atoms with Crippen molar-refractivity contribution in [3.8, 4) is 0 Å². The van der Waals surface area contributed by atoms with Crippen LogP contribution in [0.5, 0.6) is 0 Å². The van der Waals surface area contributed by atoms with Gasteiger partial charge in [-0.05, 0) is 25.7 Å². The minimum Gasteiger partial charge on any atom is -0.481 e. The van der Waals surface area contributed by atoms with Crippen LogP contribution in [-0.2, 0) is 9.53 Å². The summed E-state index contributed by atoms with van der Waals surface area (Å²) in [6.07, 6.45) is 4.54. The Morgan fingerprint density at radius 1 is 1.28 bits per heavy atom. The molecule has 1 aliphatic carbocycles. The number of carbonyl (C=O) groups is 2. The van der Waals surface area contributed by atoms with Crippen molar-refractivity contribution in [2.45, 2.75) is 50.7 Å². The molecule has 0 aromatic heterocycles. The Morgan fingerprint density at radius 3 is 2.61 bits per heavy atom. The molecule has 0 unspecified atom stereocenters. The topological polar surface area (TPSA) is 87.7 Å². The number of ether oxygens (including phenoxy) is 1. The number of methoxy groups -OCH3 is 1. The molecule has 3 N–H and O–H groups in total. The molecule has 0 aliphatic heterocycles. The zero-order valence-electron chi connectivity index (χ0n) is 10.8. The lowest BCUT2D eigenvalue weighted by atomic mass is 9.89. The molecule has 104 valence electrons. The van der Waals surface area contributed by atoms with Crippen molar-refractivity contribution in [1.82, 2.24) is 10.6 Å². The molecule has 0 radical (unpaired) electrons. The monoisotopic (exact) mass is 258 g/mol. The highest BCUT2D eigenvalue weighted by atomic mass is 16.5. The normalized spacial score (nSPS) is 22.1. The number of amides is 2. The van der Waals surface area contributed by atoms with E-state index in [2.05, 4.69) is 10.6 Å². The fraction of sp³-hybridized carbons (Fsp3) is 0.833. The zero-order valence-corrected chi connectivity index (χ0v) is 10.8. The van der Waals surface area contributed by atoms with Crippen LogP contribution in [-0.4, -0.2) is 42.9 Å². The third-order valence-corrected chi connectivity index (χ3v) is 3.12. The summed E-state index contributed by atoms with van der Waals surface area (Å²) in [5.74, 6) is -0.765. The van der Waals surface area contributed by atoms with Gasteiger partial charge in [0.2, 0.25) is 0 Å². The summed E-state index contributed by atoms with van der Waals surface area (Å²) in [5.41, 5.74) is 0. The predicted octanol–water partition coefficient (Wildman–Crippen LogP) is 1.11. The predicted molar refractivity (Wildman–Crippen MR) is 66.5 cm³/mol. The lowest BCUT2D eigenvalue weighted by Crippen LogP contribution is -2.50. The molecule has 1 fully saturated rings. The zero-order chi connectivity index (χ0) is 13.4. The number of urea groups is 1. The molecule has 1 rings (SSSR count). The Morgan fingerprint density at radius 2 is 2.00 bits per heavy atom. The lowest BCUT2D eigenvalue weighted by molar-refractivity contribution is -0.137. The van der Waals surface area contributed by atoms with Crippen molar-refractivity contribution in [3.05, 3.63) is 0 Å². The van der Waals surface area contributed by atoms with E-state index in [1.807, 2.05) is 0 Å². The van der Waals surface area contributed by atoms with Gasteiger partial charge in [0, 0.05) is 26.1 Å². The van der Waals surface area contributed by atoms with Crippen LogP contribution in [0.1, 0.15) is 38.5 Å². The molecule has 1 aliphatic rings. The number of unbranched alkanes of at least 4 members (excludes halogenated alkanes) is 2. The van der Waals surface area contributed by atoms with Gasteiger partial charge in [0.15, 0.2) is 0 Å². The van der Waals surface area contributed by atoms with E-state index in [0.29, 0.717) is 13.0 Å². The summed E-state index contributed by atoms with van der Waals surface area (Å²) < 4.78 is 5.12. The first-order valence-electron chi connectivity index (χ1n) is 6.40. The molecule has 0 spiro atoms. The van der Waals surface area contributed by atoms with Crippen LogP contribution in [0, 0.1) is 0 Å². The molecule has 0 aromatic rings. The first kappa shape index (κ1) is 14.8. The first-order valence-corrected chi connectivity index (χ1v) is 6.40. The molecule has 0 heterocycles. The van der Waals surface area contributed by atoms with Gasteiger partial charge in [-0.1, -0.05) is 6.42 Å². The summed E-state index contributed by atoms with van der Waals surface area (Å²) >= 11 is 0. The first-order chi connectivity index (χ1) is 8.61. The van der Waals surface area contributed by atoms with Gasteiger partial charge in [-0.3, -0.25) is 4.79 Å². The molecular formula is C12H22N2O4. The van der Waals surface area contributed by atoms with Crippen LogP contribution < -0.4 is 10.6 Å². The van der Waals surface area contributed by atoms with E-state index >= 15 is 0 Å². The molecule has 0 aromatic carbocycles. The van der Waals surface area contributed by atoms with Gasteiger partial charge >= 0.3 is 12.0 Å². The van der Waals surface area contributed by atoms with Crippen LogP contribution >= 0.6 is 0 Å². The van der Waals surface area contributed by atoms with Gasteiger partial charge in [0.1, 0.15) is 0 Å². The molecule has 2 amide bonds. The van der Waals surface area contributed by atoms with E-state index in [4.69, 9.17) is 9.84 Å². The van der Waals surface area contributed by atoms with E-state index in [1.54, 1.807) is 7.11 Å². The van der Waals surface area contributed by atoms with Crippen molar-refractivity contribution < 1.29 is 19.4 Å². The SMILES string of the molecule is COC1CC(NC(=O)NCCCCCC(=O)O)C1. The second-order valence-corrected chi connectivity index (χ2v) is 4.63. The number of carbonyl (C=O) groups excluding carboxylic acids is 1. The number of nitrogens with one attached hydrogen (secondary N) is 2. The number of hydrogen-bond acceptors (Lipinski definition) is 3. The van der Waals surface area contributed by atoms with E-state index in [1.165, 1.54) is 0 Å². The average molecular weight is 258 g/mol. The Labute approximate surface area is 107 Å². The van der Waals surface area contributed by atoms with Crippen LogP contribution in [0.3, 0.4) is 0 Å². The molecule has 0 saturated heterocycles. The van der Waals surface area contributed by atoms with Crippen LogP contribution in [0.4, 0.5) is 4.79 Å². The maximum atomic E-state index is 11.4. The summed E-state index contributed by atoms with van der Waals surface area (Å²) in [6.45, 7) is 0.589. The highest BCUT2D eigenvalue weighted by molar-refractivity contribution is 5.74. The lowest BCUT2D eigenvalue weighted by Gasteiger charge is -2.34. The molecule has 18 heavy (non-hydrogen) atoms. The highest BCUT2D eigenvalue weighted by Gasteiger charge is 2.29. The molecule has 6 nitrogen and oxygen atoms in total. The number of rotatable bonds is 8. The summed E-state index contributed by atoms with van der Waals surface area (Å²) in [4.78, 5) is 21.7. The van der Waals surface area contributed by atoms with Crippen molar-refractivity contribution in [2.75, 3.05) is 13.7 Å². The fourth-order valence-electron chi connectivity index (χ4n) is 1.89. The Hall–Kier alpha value is -1.30. The Kier molecular flexibility index (Phi) is 6.49. The second kappa shape index (κ2) is 7.92. The van der Waals surface area contributed by atoms with Gasteiger partial charge in [-0.15, -0.1) is 0 Å². The van der Waals surface area contributed by atoms with E-state index in [0.717, 1.165) is 25.7 Å². The van der Waals surface area contributed by atoms with Gasteiger partial charge < -0.3 is 20.5 Å². The molecule has 0 atom stereocenters. The number of hydrogen-bond donors (Lipinski definition) is 3. The molecule has 6 heteroatoms. The van der Waals surface area contributed by atoms with Crippen molar-refractivity contribution in [1.29, 1.82) is 0 Å². The minimum atomic E-state index is -0.765. The maximum absolute atomic E-state index is 11.4. The number of aliphatic carboxylic acids is 1. The molecule has 1 saturated carbocycles. The van der Waals surface area contributed by atoms with Gasteiger partial charge in [-0.2, -0.15) is 0 Å². The Bertz CT molecular complexity index is 277. The third kappa shape index (κ3) is 5.86. The summed E-state index contributed by atoms with van der Waals surface area (Å²) in [6, 6.07) is 0.0785. The van der Waals surface area contributed by atoms with E-state index < -0.39 is 5.97 Å². The quantitative estimate of drug-likeness (QED) is 0.569. The van der Waals surface area contributed by atoms with Crippen LogP contribution in [0.15, 0.2) is 0 Å². The number of carboxylic acids is 1. The third-order valence-electron chi connectivity index (χ3n) is 3.12. The van der Waals surface area contributed by atoms with Gasteiger partial charge in [0.25, 0.3) is 0 Å². The van der Waals surface area contributed by atoms with Crippen LogP contribution in [0.25, 0.3) is 0 Å². The summed E-state index contributed by atoms with van der Waals surface area (Å²) in [7, 11) is 1.68. The Balaban J connectivity index is 1.90. The van der Waals surface area contributed by atoms with Crippen molar-refractivity contribution in [2.24, 2.45) is 0 Å². The van der Waals surface area contributed by atoms with Gasteiger partial charge in [0.05, 0.1) is 6.10 Å². The van der Waals surface area contributed by atoms with Crippen molar-refractivity contribution >= 4 is 12.0 Å². The van der Waals surface area contributed by atoms with Crippen LogP contribution in [0.2, 0.25) is 0 Å². The largest absolute Gasteiger partial charge is 0.481 e. The fourth-order valence-corrected chi connectivity index (χ4v) is 1.89. The van der Waals surface area contributed by atoms with Crippen molar-refractivity contribution in [3.63, 3.8) is 0 Å². The number of carboxylic acid groups (broad SMARTS) is 1. The highest BCUT2D eigenvalue weighted by Crippen LogP contribution is 2.22. The minimum absolute atomic E-state index is 0.146. The summed E-state index contributed by atoms with van der Waals surface area (Å²) in [5, 5.41) is 14.1. The average Bonchev–Trinajstić information content (AvgIpc) is 2.27. The van der Waals surface area contributed by atoms with E-state index in [9.17, 15) is 9.59 Å². The molecule has 0 bridgehead atoms. The second-order valence-electron chi connectivity index (χ2n) is 4.63. The van der Waals surface area contributed by atoms with Gasteiger partial charge in [-0.25, -0.2) is 4.79 Å². The maximum Gasteiger partial charge on any atom is 0.315 e. The molecular weight excluding hydrogens is 236 g/mol.